The minimum atomic E-state index is -0.962. The zero-order valence-corrected chi connectivity index (χ0v) is 10.5. The largest absolute Gasteiger partial charge is 0.480 e. The van der Waals surface area contributed by atoms with E-state index in [1.807, 2.05) is 0 Å². The van der Waals surface area contributed by atoms with Crippen LogP contribution in [-0.2, 0) is 4.79 Å². The molecule has 1 fully saturated rings. The summed E-state index contributed by atoms with van der Waals surface area (Å²) in [6, 6.07) is -0.904. The molecule has 92 valence electrons. The molecule has 16 heavy (non-hydrogen) atoms. The highest BCUT2D eigenvalue weighted by atomic mass is 16.4. The SMILES string of the molecule is CC(C(=O)O)N1CC(C(C)(C)C)N(C)C1=O. The molecule has 1 heterocycles. The molecule has 2 amide bonds. The van der Waals surface area contributed by atoms with Crippen molar-refractivity contribution in [2.24, 2.45) is 5.41 Å². The molecule has 0 radical (unpaired) electrons. The van der Waals surface area contributed by atoms with Gasteiger partial charge in [0.1, 0.15) is 6.04 Å². The molecule has 5 nitrogen and oxygen atoms in total. The maximum atomic E-state index is 11.9. The van der Waals surface area contributed by atoms with Gasteiger partial charge >= 0.3 is 12.0 Å². The number of amides is 2. The summed E-state index contributed by atoms with van der Waals surface area (Å²) >= 11 is 0. The van der Waals surface area contributed by atoms with Crippen LogP contribution in [0.25, 0.3) is 0 Å². The van der Waals surface area contributed by atoms with E-state index in [1.165, 1.54) is 4.90 Å². The Morgan fingerprint density at radius 2 is 2.00 bits per heavy atom. The molecule has 0 aromatic heterocycles. The van der Waals surface area contributed by atoms with Crippen molar-refractivity contribution in [3.05, 3.63) is 0 Å². The summed E-state index contributed by atoms with van der Waals surface area (Å²) in [7, 11) is 1.73. The number of likely N-dealkylation sites (N-methyl/N-ethyl adjacent to an activating group) is 1. The van der Waals surface area contributed by atoms with Gasteiger partial charge in [0, 0.05) is 13.6 Å². The Balaban J connectivity index is 2.88. The summed E-state index contributed by atoms with van der Waals surface area (Å²) in [4.78, 5) is 25.8. The van der Waals surface area contributed by atoms with E-state index in [1.54, 1.807) is 18.9 Å². The van der Waals surface area contributed by atoms with E-state index in [0.29, 0.717) is 6.54 Å². The Kier molecular flexibility index (Phi) is 3.17. The van der Waals surface area contributed by atoms with Crippen LogP contribution in [0, 0.1) is 5.41 Å². The lowest BCUT2D eigenvalue weighted by atomic mass is 9.86. The zero-order chi connectivity index (χ0) is 12.7. The minimum absolute atomic E-state index is 0.0443. The molecule has 0 saturated carbocycles. The lowest BCUT2D eigenvalue weighted by molar-refractivity contribution is -0.141. The van der Waals surface area contributed by atoms with Gasteiger partial charge in [-0.15, -0.1) is 0 Å². The second-order valence-electron chi connectivity index (χ2n) is 5.44. The number of carboxylic acid groups (broad SMARTS) is 1. The van der Waals surface area contributed by atoms with Crippen LogP contribution in [0.5, 0.6) is 0 Å². The third kappa shape index (κ3) is 2.13. The van der Waals surface area contributed by atoms with Crippen LogP contribution in [0.2, 0.25) is 0 Å². The summed E-state index contributed by atoms with van der Waals surface area (Å²) in [5.74, 6) is -0.962. The molecule has 1 aliphatic heterocycles. The highest BCUT2D eigenvalue weighted by Crippen LogP contribution is 2.30. The summed E-state index contributed by atoms with van der Waals surface area (Å²) in [6.45, 7) is 8.18. The first kappa shape index (κ1) is 12.8. The smallest absolute Gasteiger partial charge is 0.326 e. The second-order valence-corrected chi connectivity index (χ2v) is 5.44. The zero-order valence-electron chi connectivity index (χ0n) is 10.5. The van der Waals surface area contributed by atoms with Crippen molar-refractivity contribution in [1.82, 2.24) is 9.80 Å². The molecule has 5 heteroatoms. The lowest BCUT2D eigenvalue weighted by Crippen LogP contribution is -2.41. The van der Waals surface area contributed by atoms with E-state index in [4.69, 9.17) is 5.11 Å². The average molecular weight is 228 g/mol. The fourth-order valence-corrected chi connectivity index (χ4v) is 2.03. The number of carbonyl (C=O) groups is 2. The van der Waals surface area contributed by atoms with Crippen molar-refractivity contribution in [1.29, 1.82) is 0 Å². The van der Waals surface area contributed by atoms with Gasteiger partial charge < -0.3 is 14.9 Å². The summed E-state index contributed by atoms with van der Waals surface area (Å²) < 4.78 is 0. The summed E-state index contributed by atoms with van der Waals surface area (Å²) in [5, 5.41) is 8.92. The predicted octanol–water partition coefficient (Wildman–Crippen LogP) is 1.24. The minimum Gasteiger partial charge on any atom is -0.480 e. The fourth-order valence-electron chi connectivity index (χ4n) is 2.03. The predicted molar refractivity (Wildman–Crippen MR) is 60.2 cm³/mol. The monoisotopic (exact) mass is 228 g/mol. The number of rotatable bonds is 2. The molecular weight excluding hydrogens is 208 g/mol. The number of aliphatic carboxylic acids is 1. The van der Waals surface area contributed by atoms with Crippen molar-refractivity contribution in [3.63, 3.8) is 0 Å². The number of urea groups is 1. The van der Waals surface area contributed by atoms with Crippen LogP contribution in [-0.4, -0.2) is 52.6 Å². The van der Waals surface area contributed by atoms with Gasteiger partial charge in [-0.05, 0) is 12.3 Å². The Bertz CT molecular complexity index is 309. The maximum Gasteiger partial charge on any atom is 0.326 e. The Morgan fingerprint density at radius 3 is 2.31 bits per heavy atom. The molecular formula is C11H20N2O3. The van der Waals surface area contributed by atoms with Crippen molar-refractivity contribution in [2.45, 2.75) is 39.8 Å². The third-order valence-corrected chi connectivity index (χ3v) is 3.21. The number of carboxylic acids is 1. The van der Waals surface area contributed by atoms with Gasteiger partial charge in [-0.1, -0.05) is 20.8 Å². The van der Waals surface area contributed by atoms with E-state index in [2.05, 4.69) is 20.8 Å². The number of hydrogen-bond donors (Lipinski definition) is 1. The van der Waals surface area contributed by atoms with Crippen LogP contribution in [0.1, 0.15) is 27.7 Å². The van der Waals surface area contributed by atoms with Crippen molar-refractivity contribution < 1.29 is 14.7 Å². The lowest BCUT2D eigenvalue weighted by Gasteiger charge is -2.31. The third-order valence-electron chi connectivity index (χ3n) is 3.21. The van der Waals surface area contributed by atoms with E-state index >= 15 is 0 Å². The van der Waals surface area contributed by atoms with Crippen LogP contribution >= 0.6 is 0 Å². The normalized spacial score (nSPS) is 23.8. The highest BCUT2D eigenvalue weighted by molar-refractivity contribution is 5.84. The van der Waals surface area contributed by atoms with E-state index < -0.39 is 12.0 Å². The van der Waals surface area contributed by atoms with Gasteiger partial charge in [-0.3, -0.25) is 0 Å². The number of nitrogens with zero attached hydrogens (tertiary/aromatic N) is 2. The highest BCUT2D eigenvalue weighted by Gasteiger charge is 2.44. The fraction of sp³-hybridized carbons (Fsp3) is 0.818. The molecule has 2 unspecified atom stereocenters. The van der Waals surface area contributed by atoms with Crippen molar-refractivity contribution in [3.8, 4) is 0 Å². The molecule has 0 aromatic rings. The maximum absolute atomic E-state index is 11.9. The van der Waals surface area contributed by atoms with Gasteiger partial charge in [0.25, 0.3) is 0 Å². The average Bonchev–Trinajstić information content (AvgIpc) is 2.42. The van der Waals surface area contributed by atoms with Gasteiger partial charge in [0.15, 0.2) is 0 Å². The van der Waals surface area contributed by atoms with Gasteiger partial charge in [0.2, 0.25) is 0 Å². The molecule has 1 saturated heterocycles. The molecule has 1 aliphatic rings. The summed E-state index contributed by atoms with van der Waals surface area (Å²) in [6.07, 6.45) is 0. The molecule has 0 aromatic carbocycles. The summed E-state index contributed by atoms with van der Waals surface area (Å²) in [5.41, 5.74) is -0.0443. The molecule has 0 bridgehead atoms. The number of hydrogen-bond acceptors (Lipinski definition) is 2. The first-order chi connectivity index (χ1) is 7.16. The molecule has 1 rings (SSSR count). The Labute approximate surface area is 96.0 Å². The molecule has 0 aliphatic carbocycles. The second kappa shape index (κ2) is 3.96. The quantitative estimate of drug-likeness (QED) is 0.773. The molecule has 0 spiro atoms. The van der Waals surface area contributed by atoms with Crippen molar-refractivity contribution in [2.75, 3.05) is 13.6 Å². The van der Waals surface area contributed by atoms with Crippen LogP contribution in [0.4, 0.5) is 4.79 Å². The van der Waals surface area contributed by atoms with Crippen LogP contribution in [0.15, 0.2) is 0 Å². The van der Waals surface area contributed by atoms with E-state index in [9.17, 15) is 9.59 Å². The molecule has 2 atom stereocenters. The topological polar surface area (TPSA) is 60.9 Å². The Morgan fingerprint density at radius 1 is 1.50 bits per heavy atom. The van der Waals surface area contributed by atoms with Gasteiger partial charge in [-0.25, -0.2) is 9.59 Å². The van der Waals surface area contributed by atoms with Gasteiger partial charge in [0.05, 0.1) is 6.04 Å². The standard InChI is InChI=1S/C11H20N2O3/c1-7(9(14)15)13-6-8(11(2,3)4)12(5)10(13)16/h7-8H,6H2,1-5H3,(H,14,15). The first-order valence-corrected chi connectivity index (χ1v) is 5.42. The van der Waals surface area contributed by atoms with E-state index in [-0.39, 0.29) is 17.5 Å². The van der Waals surface area contributed by atoms with Crippen LogP contribution in [0.3, 0.4) is 0 Å². The van der Waals surface area contributed by atoms with E-state index in [0.717, 1.165) is 0 Å². The van der Waals surface area contributed by atoms with Crippen molar-refractivity contribution >= 4 is 12.0 Å². The number of carbonyl (C=O) groups excluding carboxylic acids is 1. The van der Waals surface area contributed by atoms with Crippen LogP contribution < -0.4 is 0 Å². The molecule has 1 N–H and O–H groups in total. The first-order valence-electron chi connectivity index (χ1n) is 5.42. The Hall–Kier alpha value is -1.26. The van der Waals surface area contributed by atoms with Gasteiger partial charge in [-0.2, -0.15) is 0 Å².